The number of amides is 1. The fourth-order valence-corrected chi connectivity index (χ4v) is 2.40. The van der Waals surface area contributed by atoms with E-state index in [4.69, 9.17) is 9.31 Å². The van der Waals surface area contributed by atoms with Crippen LogP contribution in [0.4, 0.5) is 0 Å². The van der Waals surface area contributed by atoms with Gasteiger partial charge in [0.15, 0.2) is 0 Å². The minimum Gasteiger partial charge on any atom is -0.399 e. The molecule has 2 rings (SSSR count). The van der Waals surface area contributed by atoms with Crippen LogP contribution in [-0.4, -0.2) is 30.8 Å². The van der Waals surface area contributed by atoms with Gasteiger partial charge >= 0.3 is 7.12 Å². The topological polar surface area (TPSA) is 47.6 Å². The summed E-state index contributed by atoms with van der Waals surface area (Å²) >= 11 is 0. The highest BCUT2D eigenvalue weighted by Crippen LogP contribution is 2.36. The monoisotopic (exact) mass is 317 g/mol. The molecule has 0 radical (unpaired) electrons. The van der Waals surface area contributed by atoms with Crippen molar-refractivity contribution in [1.29, 1.82) is 0 Å². The van der Waals surface area contributed by atoms with Crippen LogP contribution >= 0.6 is 0 Å². The lowest BCUT2D eigenvalue weighted by Crippen LogP contribution is -2.41. The van der Waals surface area contributed by atoms with Crippen molar-refractivity contribution in [1.82, 2.24) is 5.32 Å². The van der Waals surface area contributed by atoms with E-state index in [1.54, 1.807) is 0 Å². The van der Waals surface area contributed by atoms with E-state index in [0.717, 1.165) is 11.0 Å². The van der Waals surface area contributed by atoms with Crippen molar-refractivity contribution in [2.24, 2.45) is 5.92 Å². The number of nitrogens with one attached hydrogen (secondary N) is 1. The van der Waals surface area contributed by atoms with Crippen LogP contribution in [0.15, 0.2) is 18.2 Å². The first-order valence-corrected chi connectivity index (χ1v) is 8.28. The molecule has 5 heteroatoms. The number of aryl methyl sites for hydroxylation is 1. The fourth-order valence-electron chi connectivity index (χ4n) is 2.40. The molecule has 1 N–H and O–H groups in total. The normalized spacial score (nSPS) is 19.2. The molecule has 126 valence electrons. The van der Waals surface area contributed by atoms with Gasteiger partial charge in [0, 0.05) is 12.1 Å². The van der Waals surface area contributed by atoms with Crippen LogP contribution in [0.1, 0.15) is 57.5 Å². The molecular formula is C18H28BNO3. The number of hydrogen-bond acceptors (Lipinski definition) is 3. The van der Waals surface area contributed by atoms with Crippen LogP contribution in [0.3, 0.4) is 0 Å². The highest BCUT2D eigenvalue weighted by atomic mass is 16.7. The maximum absolute atomic E-state index is 12.3. The molecule has 1 aliphatic heterocycles. The number of rotatable bonds is 4. The first-order valence-electron chi connectivity index (χ1n) is 8.28. The maximum Gasteiger partial charge on any atom is 0.495 e. The molecule has 0 saturated carbocycles. The van der Waals surface area contributed by atoms with E-state index in [1.807, 2.05) is 52.8 Å². The zero-order valence-electron chi connectivity index (χ0n) is 15.3. The van der Waals surface area contributed by atoms with E-state index in [-0.39, 0.29) is 17.1 Å². The van der Waals surface area contributed by atoms with E-state index in [0.29, 0.717) is 18.0 Å². The molecule has 0 aliphatic carbocycles. The third kappa shape index (κ3) is 3.78. The predicted octanol–water partition coefficient (Wildman–Crippen LogP) is 2.68. The number of hydrogen-bond donors (Lipinski definition) is 1. The Labute approximate surface area is 140 Å². The number of carbonyl (C=O) groups is 1. The smallest absolute Gasteiger partial charge is 0.399 e. The van der Waals surface area contributed by atoms with Gasteiger partial charge in [-0.3, -0.25) is 4.79 Å². The van der Waals surface area contributed by atoms with Crippen LogP contribution < -0.4 is 10.8 Å². The Morgan fingerprint density at radius 3 is 2.26 bits per heavy atom. The average molecular weight is 317 g/mol. The Balaban J connectivity index is 2.24. The van der Waals surface area contributed by atoms with Crippen molar-refractivity contribution < 1.29 is 14.1 Å². The quantitative estimate of drug-likeness (QED) is 0.869. The van der Waals surface area contributed by atoms with Crippen molar-refractivity contribution >= 4 is 18.5 Å². The van der Waals surface area contributed by atoms with Crippen LogP contribution in [-0.2, 0) is 9.31 Å². The Bertz CT molecular complexity index is 580. The second kappa shape index (κ2) is 6.29. The van der Waals surface area contributed by atoms with Gasteiger partial charge in [0.05, 0.1) is 11.2 Å². The van der Waals surface area contributed by atoms with Gasteiger partial charge < -0.3 is 14.6 Å². The molecule has 0 spiro atoms. The summed E-state index contributed by atoms with van der Waals surface area (Å²) in [5.41, 5.74) is 1.84. The van der Waals surface area contributed by atoms with Gasteiger partial charge in [0.25, 0.3) is 5.91 Å². The lowest BCUT2D eigenvalue weighted by Gasteiger charge is -2.32. The molecule has 0 atom stereocenters. The maximum atomic E-state index is 12.3. The summed E-state index contributed by atoms with van der Waals surface area (Å²) in [7, 11) is -0.446. The number of benzene rings is 1. The molecule has 23 heavy (non-hydrogen) atoms. The second-order valence-electron chi connectivity index (χ2n) is 7.76. The van der Waals surface area contributed by atoms with Gasteiger partial charge in [-0.05, 0) is 58.1 Å². The Morgan fingerprint density at radius 1 is 1.17 bits per heavy atom. The molecule has 1 amide bonds. The molecular weight excluding hydrogens is 289 g/mol. The minimum atomic E-state index is -0.446. The summed E-state index contributed by atoms with van der Waals surface area (Å²) in [4.78, 5) is 12.3. The molecule has 1 aromatic rings. The second-order valence-corrected chi connectivity index (χ2v) is 7.76. The summed E-state index contributed by atoms with van der Waals surface area (Å²) in [6, 6.07) is 5.68. The summed E-state index contributed by atoms with van der Waals surface area (Å²) in [6.07, 6.45) is 0. The Hall–Kier alpha value is -1.33. The van der Waals surface area contributed by atoms with Crippen LogP contribution in [0.5, 0.6) is 0 Å². The lowest BCUT2D eigenvalue weighted by molar-refractivity contribution is 0.00578. The van der Waals surface area contributed by atoms with Crippen molar-refractivity contribution in [2.45, 2.75) is 59.7 Å². The van der Waals surface area contributed by atoms with E-state index < -0.39 is 7.12 Å². The first kappa shape index (κ1) is 18.0. The highest BCUT2D eigenvalue weighted by Gasteiger charge is 2.52. The van der Waals surface area contributed by atoms with Gasteiger partial charge in [-0.15, -0.1) is 0 Å². The summed E-state index contributed by atoms with van der Waals surface area (Å²) < 4.78 is 12.2. The van der Waals surface area contributed by atoms with E-state index >= 15 is 0 Å². The van der Waals surface area contributed by atoms with Crippen molar-refractivity contribution in [3.05, 3.63) is 29.3 Å². The Morgan fingerprint density at radius 2 is 1.74 bits per heavy atom. The summed E-state index contributed by atoms with van der Waals surface area (Å²) in [5.74, 6) is 0.364. The van der Waals surface area contributed by atoms with Crippen molar-refractivity contribution in [3.63, 3.8) is 0 Å². The molecule has 1 saturated heterocycles. The molecule has 0 unspecified atom stereocenters. The van der Waals surface area contributed by atoms with E-state index in [9.17, 15) is 4.79 Å². The third-order valence-corrected chi connectivity index (χ3v) is 4.72. The SMILES string of the molecule is Cc1ccc(C(=O)NCC(C)C)cc1B1OC(C)(C)C(C)(C)O1. The zero-order chi connectivity index (χ0) is 17.4. The van der Waals surface area contributed by atoms with Gasteiger partial charge in [-0.25, -0.2) is 0 Å². The van der Waals surface area contributed by atoms with Gasteiger partial charge in [0.1, 0.15) is 0 Å². The van der Waals surface area contributed by atoms with Gasteiger partial charge in [-0.1, -0.05) is 25.5 Å². The molecule has 1 fully saturated rings. The van der Waals surface area contributed by atoms with Gasteiger partial charge in [-0.2, -0.15) is 0 Å². The molecule has 1 aromatic carbocycles. The molecule has 1 aliphatic rings. The van der Waals surface area contributed by atoms with Gasteiger partial charge in [0.2, 0.25) is 0 Å². The van der Waals surface area contributed by atoms with E-state index in [1.165, 1.54) is 0 Å². The zero-order valence-corrected chi connectivity index (χ0v) is 15.3. The predicted molar refractivity (Wildman–Crippen MR) is 94.1 cm³/mol. The first-order chi connectivity index (χ1) is 10.5. The van der Waals surface area contributed by atoms with E-state index in [2.05, 4.69) is 19.2 Å². The lowest BCUT2D eigenvalue weighted by atomic mass is 9.75. The van der Waals surface area contributed by atoms with Crippen LogP contribution in [0.2, 0.25) is 0 Å². The Kier molecular flexibility index (Phi) is 4.93. The molecule has 0 aromatic heterocycles. The van der Waals surface area contributed by atoms with Crippen molar-refractivity contribution in [3.8, 4) is 0 Å². The minimum absolute atomic E-state index is 0.0588. The van der Waals surface area contributed by atoms with Crippen molar-refractivity contribution in [2.75, 3.05) is 6.54 Å². The third-order valence-electron chi connectivity index (χ3n) is 4.72. The largest absolute Gasteiger partial charge is 0.495 e. The number of carbonyl (C=O) groups excluding carboxylic acids is 1. The summed E-state index contributed by atoms with van der Waals surface area (Å²) in [6.45, 7) is 14.9. The summed E-state index contributed by atoms with van der Waals surface area (Å²) in [5, 5.41) is 2.95. The molecule has 4 nitrogen and oxygen atoms in total. The van der Waals surface area contributed by atoms with Crippen LogP contribution in [0.25, 0.3) is 0 Å². The fraction of sp³-hybridized carbons (Fsp3) is 0.611. The highest BCUT2D eigenvalue weighted by molar-refractivity contribution is 6.62. The average Bonchev–Trinajstić information content (AvgIpc) is 2.65. The molecule has 1 heterocycles. The van der Waals surface area contributed by atoms with Crippen LogP contribution in [0, 0.1) is 12.8 Å². The standard InChI is InChI=1S/C18H28BNO3/c1-12(2)11-20-16(21)14-9-8-13(3)15(10-14)19-22-17(4,5)18(6,7)23-19/h8-10,12H,11H2,1-7H3,(H,20,21). The molecule has 0 bridgehead atoms.